The molecule has 8 heteroatoms. The number of carbonyl (C=O) groups excluding carboxylic acids is 2. The monoisotopic (exact) mass is 410 g/mol. The van der Waals surface area contributed by atoms with Crippen LogP contribution in [0.15, 0.2) is 47.4 Å². The molecule has 28 heavy (non-hydrogen) atoms. The predicted octanol–water partition coefficient (Wildman–Crippen LogP) is 4.56. The smallest absolute Gasteiger partial charge is 0.346 e. The molecule has 2 rings (SSSR count). The van der Waals surface area contributed by atoms with E-state index in [1.54, 1.807) is 6.92 Å². The van der Waals surface area contributed by atoms with E-state index in [4.69, 9.17) is 0 Å². The Morgan fingerprint density at radius 2 is 1.68 bits per heavy atom. The van der Waals surface area contributed by atoms with Gasteiger partial charge in [-0.25, -0.2) is 0 Å². The average Bonchev–Trinajstić information content (AvgIpc) is 2.62. The van der Waals surface area contributed by atoms with E-state index >= 15 is 0 Å². The zero-order valence-electron chi connectivity index (χ0n) is 15.7. The number of nitrogens with one attached hydrogen (secondary N) is 2. The third-order valence-electron chi connectivity index (χ3n) is 4.01. The summed E-state index contributed by atoms with van der Waals surface area (Å²) >= 11 is 0.999. The minimum Gasteiger partial charge on any atom is -0.346 e. The standard InChI is InChI=1S/C20H21F3N2O2S/c1-12-6-4-7-13(2)18(12)25-17(26)11-24-19(27)14(3)28-16-9-5-8-15(10-16)20(21,22)23/h4-10,14H,11H2,1-3H3,(H,24,27)(H,25,26)/t14-/m1/s1. The molecule has 0 saturated heterocycles. The lowest BCUT2D eigenvalue weighted by molar-refractivity contribution is -0.137. The second-order valence-electron chi connectivity index (χ2n) is 6.32. The molecule has 2 aromatic rings. The zero-order valence-corrected chi connectivity index (χ0v) is 16.5. The van der Waals surface area contributed by atoms with Crippen LogP contribution in [0.2, 0.25) is 0 Å². The molecule has 0 heterocycles. The highest BCUT2D eigenvalue weighted by molar-refractivity contribution is 8.00. The number of benzene rings is 2. The lowest BCUT2D eigenvalue weighted by atomic mass is 10.1. The van der Waals surface area contributed by atoms with Gasteiger partial charge in [-0.05, 0) is 50.1 Å². The number of halogens is 3. The molecule has 0 saturated carbocycles. The van der Waals surface area contributed by atoms with Crippen molar-refractivity contribution in [3.05, 3.63) is 59.2 Å². The molecule has 4 nitrogen and oxygen atoms in total. The van der Waals surface area contributed by atoms with Gasteiger partial charge in [0.25, 0.3) is 0 Å². The van der Waals surface area contributed by atoms with Gasteiger partial charge in [0.05, 0.1) is 17.4 Å². The van der Waals surface area contributed by atoms with Crippen LogP contribution in [0.1, 0.15) is 23.6 Å². The molecule has 0 aliphatic heterocycles. The van der Waals surface area contributed by atoms with Crippen LogP contribution in [0.5, 0.6) is 0 Å². The molecule has 0 aliphatic rings. The molecule has 0 aromatic heterocycles. The first kappa shape index (κ1) is 21.8. The Balaban J connectivity index is 1.90. The van der Waals surface area contributed by atoms with Crippen LogP contribution in [0, 0.1) is 13.8 Å². The molecule has 1 atom stereocenters. The van der Waals surface area contributed by atoms with E-state index in [0.717, 1.165) is 35.0 Å². The first-order chi connectivity index (χ1) is 13.1. The van der Waals surface area contributed by atoms with Gasteiger partial charge >= 0.3 is 6.18 Å². The summed E-state index contributed by atoms with van der Waals surface area (Å²) in [5.41, 5.74) is 1.76. The fourth-order valence-electron chi connectivity index (χ4n) is 2.51. The molecular formula is C20H21F3N2O2S. The van der Waals surface area contributed by atoms with Crippen molar-refractivity contribution < 1.29 is 22.8 Å². The first-order valence-corrected chi connectivity index (χ1v) is 9.43. The Bertz CT molecular complexity index is 849. The lowest BCUT2D eigenvalue weighted by Gasteiger charge is -2.14. The molecule has 0 unspecified atom stereocenters. The Morgan fingerprint density at radius 1 is 1.07 bits per heavy atom. The van der Waals surface area contributed by atoms with Gasteiger partial charge < -0.3 is 10.6 Å². The largest absolute Gasteiger partial charge is 0.416 e. The fourth-order valence-corrected chi connectivity index (χ4v) is 3.46. The maximum Gasteiger partial charge on any atom is 0.416 e. The van der Waals surface area contributed by atoms with Gasteiger partial charge in [0.2, 0.25) is 11.8 Å². The Labute approximate surface area is 165 Å². The van der Waals surface area contributed by atoms with Crippen molar-refractivity contribution in [3.8, 4) is 0 Å². The molecule has 0 radical (unpaired) electrons. The SMILES string of the molecule is Cc1cccc(C)c1NC(=O)CNC(=O)[C@@H](C)Sc1cccc(C(F)(F)F)c1. The van der Waals surface area contributed by atoms with Crippen molar-refractivity contribution in [3.63, 3.8) is 0 Å². The number of amides is 2. The van der Waals surface area contributed by atoms with E-state index in [1.807, 2.05) is 32.0 Å². The minimum absolute atomic E-state index is 0.222. The van der Waals surface area contributed by atoms with Crippen LogP contribution >= 0.6 is 11.8 Å². The summed E-state index contributed by atoms with van der Waals surface area (Å²) in [4.78, 5) is 24.6. The highest BCUT2D eigenvalue weighted by Crippen LogP contribution is 2.33. The summed E-state index contributed by atoms with van der Waals surface area (Å²) in [6.45, 7) is 5.09. The summed E-state index contributed by atoms with van der Waals surface area (Å²) < 4.78 is 38.3. The third kappa shape index (κ3) is 6.02. The van der Waals surface area contributed by atoms with E-state index in [9.17, 15) is 22.8 Å². The van der Waals surface area contributed by atoms with E-state index in [1.165, 1.54) is 12.1 Å². The van der Waals surface area contributed by atoms with Gasteiger partial charge in [-0.3, -0.25) is 9.59 Å². The van der Waals surface area contributed by atoms with Gasteiger partial charge in [-0.1, -0.05) is 24.3 Å². The summed E-state index contributed by atoms with van der Waals surface area (Å²) in [6, 6.07) is 10.4. The predicted molar refractivity (Wildman–Crippen MR) is 104 cm³/mol. The molecule has 150 valence electrons. The van der Waals surface area contributed by atoms with Crippen molar-refractivity contribution in [1.82, 2.24) is 5.32 Å². The summed E-state index contributed by atoms with van der Waals surface area (Å²) in [7, 11) is 0. The number of para-hydroxylation sites is 1. The van der Waals surface area contributed by atoms with Gasteiger partial charge in [-0.15, -0.1) is 11.8 Å². The number of anilines is 1. The molecule has 0 spiro atoms. The topological polar surface area (TPSA) is 58.2 Å². The lowest BCUT2D eigenvalue weighted by Crippen LogP contribution is -2.37. The van der Waals surface area contributed by atoms with Crippen molar-refractivity contribution in [2.45, 2.75) is 37.1 Å². The molecule has 0 bridgehead atoms. The van der Waals surface area contributed by atoms with E-state index in [0.29, 0.717) is 10.6 Å². The second kappa shape index (κ2) is 9.14. The van der Waals surface area contributed by atoms with Crippen LogP contribution in [-0.4, -0.2) is 23.6 Å². The Kier molecular flexibility index (Phi) is 7.12. The van der Waals surface area contributed by atoms with Crippen LogP contribution in [0.25, 0.3) is 0 Å². The molecular weight excluding hydrogens is 389 g/mol. The second-order valence-corrected chi connectivity index (χ2v) is 7.73. The average molecular weight is 410 g/mol. The molecule has 2 amide bonds. The van der Waals surface area contributed by atoms with Gasteiger partial charge in [0, 0.05) is 10.6 Å². The highest BCUT2D eigenvalue weighted by Gasteiger charge is 2.30. The number of aryl methyl sites for hydroxylation is 2. The Hall–Kier alpha value is -2.48. The van der Waals surface area contributed by atoms with Gasteiger partial charge in [0.15, 0.2) is 0 Å². The van der Waals surface area contributed by atoms with E-state index in [-0.39, 0.29) is 12.5 Å². The molecule has 0 fully saturated rings. The summed E-state index contributed by atoms with van der Waals surface area (Å²) in [5.74, 6) is -0.805. The third-order valence-corrected chi connectivity index (χ3v) is 5.11. The summed E-state index contributed by atoms with van der Waals surface area (Å²) in [5, 5.41) is 4.62. The van der Waals surface area contributed by atoms with Crippen LogP contribution in [0.4, 0.5) is 18.9 Å². The number of rotatable bonds is 6. The molecule has 0 aliphatic carbocycles. The molecule has 2 N–H and O–H groups in total. The number of hydrogen-bond acceptors (Lipinski definition) is 3. The van der Waals surface area contributed by atoms with Crippen molar-refractivity contribution in [2.24, 2.45) is 0 Å². The van der Waals surface area contributed by atoms with Crippen molar-refractivity contribution in [1.29, 1.82) is 0 Å². The number of alkyl halides is 3. The number of hydrogen-bond donors (Lipinski definition) is 2. The minimum atomic E-state index is -4.44. The van der Waals surface area contributed by atoms with Gasteiger partial charge in [0.1, 0.15) is 0 Å². The normalized spacial score (nSPS) is 12.4. The Morgan fingerprint density at radius 3 is 2.29 bits per heavy atom. The quantitative estimate of drug-likeness (QED) is 0.687. The van der Waals surface area contributed by atoms with Crippen molar-refractivity contribution in [2.75, 3.05) is 11.9 Å². The van der Waals surface area contributed by atoms with E-state index in [2.05, 4.69) is 10.6 Å². The van der Waals surface area contributed by atoms with Crippen LogP contribution in [-0.2, 0) is 15.8 Å². The maximum absolute atomic E-state index is 12.8. The van der Waals surface area contributed by atoms with Crippen molar-refractivity contribution >= 4 is 29.3 Å². The summed E-state index contributed by atoms with van der Waals surface area (Å²) in [6.07, 6.45) is -4.44. The number of thioether (sulfide) groups is 1. The fraction of sp³-hybridized carbons (Fsp3) is 0.300. The zero-order chi connectivity index (χ0) is 20.9. The first-order valence-electron chi connectivity index (χ1n) is 8.55. The highest BCUT2D eigenvalue weighted by atomic mass is 32.2. The van der Waals surface area contributed by atoms with Crippen LogP contribution < -0.4 is 10.6 Å². The van der Waals surface area contributed by atoms with Gasteiger partial charge in [-0.2, -0.15) is 13.2 Å². The number of carbonyl (C=O) groups is 2. The molecule has 2 aromatic carbocycles. The van der Waals surface area contributed by atoms with E-state index < -0.39 is 22.9 Å². The van der Waals surface area contributed by atoms with Crippen LogP contribution in [0.3, 0.4) is 0 Å². The maximum atomic E-state index is 12.8.